The van der Waals surface area contributed by atoms with Crippen molar-refractivity contribution in [2.24, 2.45) is 0 Å². The van der Waals surface area contributed by atoms with Crippen LogP contribution in [0.5, 0.6) is 0 Å². The molecule has 0 nitrogen and oxygen atoms in total. The molecule has 0 heterocycles. The highest BCUT2D eigenvalue weighted by Gasteiger charge is 2.25. The monoisotopic (exact) mass is 262 g/mol. The van der Waals surface area contributed by atoms with Crippen molar-refractivity contribution >= 4 is 0 Å². The van der Waals surface area contributed by atoms with E-state index in [9.17, 15) is 0 Å². The molecule has 20 heavy (non-hydrogen) atoms. The highest BCUT2D eigenvalue weighted by Crippen LogP contribution is 2.40. The van der Waals surface area contributed by atoms with Gasteiger partial charge in [-0.3, -0.25) is 0 Å². The van der Waals surface area contributed by atoms with Gasteiger partial charge in [0.15, 0.2) is 0 Å². The van der Waals surface area contributed by atoms with Crippen molar-refractivity contribution < 1.29 is 0 Å². The zero-order valence-electron chi connectivity index (χ0n) is 12.1. The zero-order chi connectivity index (χ0) is 13.4. The van der Waals surface area contributed by atoms with Crippen molar-refractivity contribution in [2.75, 3.05) is 0 Å². The predicted molar refractivity (Wildman–Crippen MR) is 84.3 cm³/mol. The third-order valence-electron chi connectivity index (χ3n) is 5.18. The molecule has 0 bridgehead atoms. The summed E-state index contributed by atoms with van der Waals surface area (Å²) in [7, 11) is 0. The van der Waals surface area contributed by atoms with Gasteiger partial charge in [-0.15, -0.1) is 0 Å². The van der Waals surface area contributed by atoms with E-state index < -0.39 is 0 Å². The molecule has 0 N–H and O–H groups in total. The number of fused-ring (bicyclic) bond motifs is 2. The van der Waals surface area contributed by atoms with Gasteiger partial charge in [0.25, 0.3) is 0 Å². The van der Waals surface area contributed by atoms with Crippen LogP contribution in [0.3, 0.4) is 0 Å². The van der Waals surface area contributed by atoms with Crippen LogP contribution in [0, 0.1) is 0 Å². The molecule has 0 aliphatic heterocycles. The molecule has 0 saturated heterocycles. The minimum Gasteiger partial charge on any atom is -0.0620 e. The zero-order valence-corrected chi connectivity index (χ0v) is 12.1. The summed E-state index contributed by atoms with van der Waals surface area (Å²) < 4.78 is 0. The Morgan fingerprint density at radius 3 is 2.40 bits per heavy atom. The van der Waals surface area contributed by atoms with Crippen LogP contribution in [-0.4, -0.2) is 0 Å². The van der Waals surface area contributed by atoms with Crippen molar-refractivity contribution in [1.29, 1.82) is 0 Å². The number of hydrogen-bond acceptors (Lipinski definition) is 0. The number of hydrogen-bond donors (Lipinski definition) is 0. The van der Waals surface area contributed by atoms with Crippen molar-refractivity contribution in [3.63, 3.8) is 0 Å². The van der Waals surface area contributed by atoms with Gasteiger partial charge < -0.3 is 0 Å². The Hall–Kier alpha value is -1.56. The summed E-state index contributed by atoms with van der Waals surface area (Å²) in [5.41, 5.74) is 8.11. The lowest BCUT2D eigenvalue weighted by Gasteiger charge is -2.30. The lowest BCUT2D eigenvalue weighted by molar-refractivity contribution is 0.600. The SMILES string of the molecule is c1ccc2c(c1)CCCC2c1cccc2c1CCCC2. The van der Waals surface area contributed by atoms with Crippen molar-refractivity contribution in [3.8, 4) is 0 Å². The van der Waals surface area contributed by atoms with Gasteiger partial charge in [-0.05, 0) is 72.8 Å². The minimum absolute atomic E-state index is 0.646. The molecule has 0 spiro atoms. The first-order valence-electron chi connectivity index (χ1n) is 8.12. The smallest absolute Gasteiger partial charge is 0.00950 e. The molecule has 2 aliphatic rings. The molecule has 0 amide bonds. The van der Waals surface area contributed by atoms with Gasteiger partial charge >= 0.3 is 0 Å². The first-order valence-corrected chi connectivity index (χ1v) is 8.12. The maximum Gasteiger partial charge on any atom is 0.00950 e. The largest absolute Gasteiger partial charge is 0.0620 e. The van der Waals surface area contributed by atoms with Crippen LogP contribution in [0.4, 0.5) is 0 Å². The highest BCUT2D eigenvalue weighted by molar-refractivity contribution is 5.46. The Morgan fingerprint density at radius 1 is 0.650 bits per heavy atom. The van der Waals surface area contributed by atoms with E-state index in [1.54, 1.807) is 27.8 Å². The number of benzene rings is 2. The highest BCUT2D eigenvalue weighted by atomic mass is 14.3. The van der Waals surface area contributed by atoms with E-state index >= 15 is 0 Å². The summed E-state index contributed by atoms with van der Waals surface area (Å²) in [6.07, 6.45) is 9.26. The van der Waals surface area contributed by atoms with E-state index in [0.717, 1.165) is 0 Å². The summed E-state index contributed by atoms with van der Waals surface area (Å²) in [6.45, 7) is 0. The molecule has 4 rings (SSSR count). The van der Waals surface area contributed by atoms with E-state index in [1.807, 2.05) is 0 Å². The number of aryl methyl sites for hydroxylation is 2. The fraction of sp³-hybridized carbons (Fsp3) is 0.400. The van der Waals surface area contributed by atoms with E-state index in [-0.39, 0.29) is 0 Å². The van der Waals surface area contributed by atoms with Gasteiger partial charge in [0.05, 0.1) is 0 Å². The summed E-state index contributed by atoms with van der Waals surface area (Å²) >= 11 is 0. The first-order chi connectivity index (χ1) is 9.93. The summed E-state index contributed by atoms with van der Waals surface area (Å²) in [4.78, 5) is 0. The lowest BCUT2D eigenvalue weighted by atomic mass is 9.75. The van der Waals surface area contributed by atoms with Gasteiger partial charge in [-0.2, -0.15) is 0 Å². The van der Waals surface area contributed by atoms with Crippen LogP contribution >= 0.6 is 0 Å². The first kappa shape index (κ1) is 12.2. The fourth-order valence-electron chi connectivity index (χ4n) is 4.21. The summed E-state index contributed by atoms with van der Waals surface area (Å²) in [6, 6.07) is 16.1. The molecule has 0 fully saturated rings. The molecule has 2 aromatic carbocycles. The predicted octanol–water partition coefficient (Wildman–Crippen LogP) is 5.03. The van der Waals surface area contributed by atoms with Crippen LogP contribution in [0.15, 0.2) is 42.5 Å². The molecule has 1 atom stereocenters. The maximum absolute atomic E-state index is 2.40. The van der Waals surface area contributed by atoms with Crippen LogP contribution in [-0.2, 0) is 19.3 Å². The molecular formula is C20H22. The van der Waals surface area contributed by atoms with E-state index in [1.165, 1.54) is 44.9 Å². The van der Waals surface area contributed by atoms with E-state index in [4.69, 9.17) is 0 Å². The molecule has 2 aliphatic carbocycles. The van der Waals surface area contributed by atoms with E-state index in [0.29, 0.717) is 5.92 Å². The number of rotatable bonds is 1. The van der Waals surface area contributed by atoms with Gasteiger partial charge in [0, 0.05) is 5.92 Å². The molecular weight excluding hydrogens is 240 g/mol. The quantitative estimate of drug-likeness (QED) is 0.676. The maximum atomic E-state index is 2.40. The Balaban J connectivity index is 1.83. The van der Waals surface area contributed by atoms with E-state index in [2.05, 4.69) is 42.5 Å². The van der Waals surface area contributed by atoms with Crippen LogP contribution in [0.2, 0.25) is 0 Å². The van der Waals surface area contributed by atoms with Crippen molar-refractivity contribution in [2.45, 2.75) is 50.9 Å². The Morgan fingerprint density at radius 2 is 1.40 bits per heavy atom. The van der Waals surface area contributed by atoms with Crippen molar-refractivity contribution in [1.82, 2.24) is 0 Å². The lowest BCUT2D eigenvalue weighted by Crippen LogP contribution is -2.15. The third kappa shape index (κ3) is 1.98. The standard InChI is InChI=1S/C20H22/c1-3-11-17-15(7-1)9-5-13-19(17)20-14-6-10-16-8-2-4-12-18(16)20/h1,3,6-7,10-11,14,19H,2,4-5,8-9,12-13H2. The molecule has 102 valence electrons. The van der Waals surface area contributed by atoms with Crippen LogP contribution in [0.25, 0.3) is 0 Å². The normalized spacial score (nSPS) is 21.1. The molecule has 1 unspecified atom stereocenters. The van der Waals surface area contributed by atoms with Gasteiger partial charge in [-0.25, -0.2) is 0 Å². The Bertz CT molecular complexity index is 624. The summed E-state index contributed by atoms with van der Waals surface area (Å²) in [5.74, 6) is 0.646. The Labute approximate surface area is 121 Å². The summed E-state index contributed by atoms with van der Waals surface area (Å²) in [5, 5.41) is 0. The van der Waals surface area contributed by atoms with Crippen LogP contribution in [0.1, 0.15) is 59.4 Å². The second-order valence-electron chi connectivity index (χ2n) is 6.34. The van der Waals surface area contributed by atoms with Gasteiger partial charge in [0.1, 0.15) is 0 Å². The average Bonchev–Trinajstić information content (AvgIpc) is 2.54. The second-order valence-corrected chi connectivity index (χ2v) is 6.34. The van der Waals surface area contributed by atoms with Gasteiger partial charge in [-0.1, -0.05) is 42.5 Å². The van der Waals surface area contributed by atoms with Gasteiger partial charge in [0.2, 0.25) is 0 Å². The molecule has 0 aromatic heterocycles. The van der Waals surface area contributed by atoms with Crippen molar-refractivity contribution in [3.05, 3.63) is 70.3 Å². The Kier molecular flexibility index (Phi) is 3.10. The average molecular weight is 262 g/mol. The molecule has 2 aromatic rings. The molecule has 0 radical (unpaired) electrons. The second kappa shape index (κ2) is 5.09. The molecule has 0 heteroatoms. The molecule has 0 saturated carbocycles. The fourth-order valence-corrected chi connectivity index (χ4v) is 4.21. The topological polar surface area (TPSA) is 0 Å². The van der Waals surface area contributed by atoms with Crippen LogP contribution < -0.4 is 0 Å². The minimum atomic E-state index is 0.646. The third-order valence-corrected chi connectivity index (χ3v) is 5.18.